The van der Waals surface area contributed by atoms with Gasteiger partial charge in [0.1, 0.15) is 12.1 Å². The van der Waals surface area contributed by atoms with Crippen LogP contribution in [-0.4, -0.2) is 30.5 Å². The van der Waals surface area contributed by atoms with Gasteiger partial charge in [-0.05, 0) is 18.2 Å². The minimum atomic E-state index is -4.81. The molecular weight excluding hydrogens is 339 g/mol. The van der Waals surface area contributed by atoms with Crippen molar-refractivity contribution in [2.75, 3.05) is 0 Å². The summed E-state index contributed by atoms with van der Waals surface area (Å²) in [5.74, 6) is -0.0768. The van der Waals surface area contributed by atoms with E-state index < -0.39 is 17.7 Å². The first-order valence-corrected chi connectivity index (χ1v) is 6.99. The van der Waals surface area contributed by atoms with Crippen LogP contribution in [0.5, 0.6) is 5.75 Å². The molecule has 0 bridgehead atoms. The number of hydrogen-bond acceptors (Lipinski definition) is 5. The Balaban J connectivity index is 1.87. The molecule has 3 heterocycles. The Hall–Kier alpha value is -3.43. The maximum absolute atomic E-state index is 12.7. The summed E-state index contributed by atoms with van der Waals surface area (Å²) >= 11 is 0. The van der Waals surface area contributed by atoms with Gasteiger partial charge in [0.15, 0.2) is 0 Å². The molecule has 4 rings (SSSR count). The average molecular weight is 347 g/mol. The highest BCUT2D eigenvalue weighted by molar-refractivity contribution is 5.78. The van der Waals surface area contributed by atoms with Crippen LogP contribution in [0.4, 0.5) is 13.2 Å². The summed E-state index contributed by atoms with van der Waals surface area (Å²) in [4.78, 5) is 20.7. The van der Waals surface area contributed by atoms with E-state index in [1.165, 1.54) is 39.9 Å². The van der Waals surface area contributed by atoms with Crippen LogP contribution in [0.1, 0.15) is 0 Å². The molecule has 10 heteroatoms. The Bertz CT molecular complexity index is 1150. The number of ether oxygens (including phenoxy) is 1. The molecule has 1 aromatic carbocycles. The Morgan fingerprint density at radius 1 is 1.12 bits per heavy atom. The molecule has 0 aliphatic heterocycles. The summed E-state index contributed by atoms with van der Waals surface area (Å²) in [5.41, 5.74) is 0.269. The van der Waals surface area contributed by atoms with Crippen LogP contribution in [0.15, 0.2) is 53.8 Å². The van der Waals surface area contributed by atoms with Gasteiger partial charge in [0.25, 0.3) is 11.3 Å². The van der Waals surface area contributed by atoms with Crippen molar-refractivity contribution in [3.05, 3.63) is 59.4 Å². The minimum Gasteiger partial charge on any atom is -0.406 e. The number of benzene rings is 1. The molecule has 0 saturated carbocycles. The Morgan fingerprint density at radius 3 is 2.76 bits per heavy atom. The average Bonchev–Trinajstić information content (AvgIpc) is 3.03. The molecule has 0 radical (unpaired) electrons. The van der Waals surface area contributed by atoms with Crippen LogP contribution in [0.3, 0.4) is 0 Å². The molecule has 0 unspecified atom stereocenters. The van der Waals surface area contributed by atoms with Crippen LogP contribution in [-0.2, 0) is 0 Å². The van der Waals surface area contributed by atoms with Crippen molar-refractivity contribution < 1.29 is 17.9 Å². The molecule has 0 saturated heterocycles. The zero-order valence-electron chi connectivity index (χ0n) is 12.3. The quantitative estimate of drug-likeness (QED) is 0.556. The number of hydrogen-bond donors (Lipinski definition) is 0. The second-order valence-corrected chi connectivity index (χ2v) is 5.07. The molecule has 0 atom stereocenters. The third-order valence-electron chi connectivity index (χ3n) is 3.50. The lowest BCUT2D eigenvalue weighted by Crippen LogP contribution is -2.20. The molecule has 126 valence electrons. The first kappa shape index (κ1) is 15.1. The van der Waals surface area contributed by atoms with Gasteiger partial charge >= 0.3 is 6.36 Å². The predicted molar refractivity (Wildman–Crippen MR) is 80.6 cm³/mol. The van der Waals surface area contributed by atoms with Gasteiger partial charge in [0.05, 0.1) is 16.6 Å². The number of aromatic nitrogens is 5. The molecule has 25 heavy (non-hydrogen) atoms. The van der Waals surface area contributed by atoms with E-state index >= 15 is 0 Å². The number of halogens is 3. The lowest BCUT2D eigenvalue weighted by atomic mass is 10.2. The number of rotatable bonds is 2. The highest BCUT2D eigenvalue weighted by Gasteiger charge is 2.31. The molecule has 4 aromatic rings. The fraction of sp³-hybridized carbons (Fsp3) is 0.0667. The highest BCUT2D eigenvalue weighted by atomic mass is 19.4. The summed E-state index contributed by atoms with van der Waals surface area (Å²) in [6, 6.07) is 6.76. The topological polar surface area (TPSA) is 74.3 Å². The van der Waals surface area contributed by atoms with Gasteiger partial charge < -0.3 is 4.74 Å². The third kappa shape index (κ3) is 2.67. The Morgan fingerprint density at radius 2 is 1.96 bits per heavy atom. The van der Waals surface area contributed by atoms with Crippen molar-refractivity contribution >= 4 is 16.7 Å². The van der Waals surface area contributed by atoms with Crippen molar-refractivity contribution in [3.63, 3.8) is 0 Å². The van der Waals surface area contributed by atoms with E-state index in [1.807, 2.05) is 0 Å². The van der Waals surface area contributed by atoms with Gasteiger partial charge in [-0.2, -0.15) is 14.6 Å². The highest BCUT2D eigenvalue weighted by Crippen LogP contribution is 2.24. The van der Waals surface area contributed by atoms with Crippen molar-refractivity contribution in [1.82, 2.24) is 24.1 Å². The Labute approximate surface area is 136 Å². The van der Waals surface area contributed by atoms with E-state index in [9.17, 15) is 18.0 Å². The van der Waals surface area contributed by atoms with Gasteiger partial charge in [-0.1, -0.05) is 6.07 Å². The minimum absolute atomic E-state index is 0.229. The summed E-state index contributed by atoms with van der Waals surface area (Å²) in [6.45, 7) is 0. The van der Waals surface area contributed by atoms with E-state index in [0.29, 0.717) is 11.3 Å². The van der Waals surface area contributed by atoms with Crippen LogP contribution in [0, 0.1) is 0 Å². The lowest BCUT2D eigenvalue weighted by molar-refractivity contribution is -0.274. The van der Waals surface area contributed by atoms with Gasteiger partial charge in [-0.3, -0.25) is 9.36 Å². The van der Waals surface area contributed by atoms with Crippen molar-refractivity contribution in [2.45, 2.75) is 6.36 Å². The fourth-order valence-electron chi connectivity index (χ4n) is 2.50. The van der Waals surface area contributed by atoms with E-state index in [0.717, 1.165) is 12.1 Å². The SMILES string of the molecule is O=c1c2cnc3ncnn3c2ccn1-c1cccc(OC(F)(F)F)c1. The lowest BCUT2D eigenvalue weighted by Gasteiger charge is -2.11. The number of pyridine rings is 1. The monoisotopic (exact) mass is 347 g/mol. The first-order chi connectivity index (χ1) is 11.9. The van der Waals surface area contributed by atoms with Gasteiger partial charge in [-0.25, -0.2) is 4.98 Å². The van der Waals surface area contributed by atoms with Crippen molar-refractivity contribution in [1.29, 1.82) is 0 Å². The van der Waals surface area contributed by atoms with Gasteiger partial charge in [0, 0.05) is 18.5 Å². The number of alkyl halides is 3. The first-order valence-electron chi connectivity index (χ1n) is 6.99. The van der Waals surface area contributed by atoms with Crippen molar-refractivity contribution in [3.8, 4) is 11.4 Å². The molecule has 0 amide bonds. The van der Waals surface area contributed by atoms with Crippen molar-refractivity contribution in [2.24, 2.45) is 0 Å². The largest absolute Gasteiger partial charge is 0.573 e. The predicted octanol–water partition coefficient (Wildman–Crippen LogP) is 2.33. The van der Waals surface area contributed by atoms with E-state index in [-0.39, 0.29) is 11.1 Å². The number of fused-ring (bicyclic) bond motifs is 3. The second kappa shape index (κ2) is 5.30. The molecule has 0 N–H and O–H groups in total. The molecule has 0 spiro atoms. The maximum atomic E-state index is 12.7. The van der Waals surface area contributed by atoms with Crippen LogP contribution in [0.2, 0.25) is 0 Å². The summed E-state index contributed by atoms with van der Waals surface area (Å²) < 4.78 is 43.6. The van der Waals surface area contributed by atoms with Crippen LogP contribution in [0.25, 0.3) is 22.4 Å². The van der Waals surface area contributed by atoms with E-state index in [2.05, 4.69) is 19.8 Å². The second-order valence-electron chi connectivity index (χ2n) is 5.07. The standard InChI is InChI=1S/C15H8F3N5O2/c16-15(17,18)25-10-3-1-2-9(6-10)22-5-4-12-11(13(22)24)7-19-14-20-8-21-23(12)14/h1-8H. The molecule has 0 fully saturated rings. The van der Waals surface area contributed by atoms with Crippen LogP contribution < -0.4 is 10.3 Å². The van der Waals surface area contributed by atoms with Gasteiger partial charge in [-0.15, -0.1) is 13.2 Å². The fourth-order valence-corrected chi connectivity index (χ4v) is 2.50. The summed E-state index contributed by atoms with van der Waals surface area (Å²) in [5, 5.41) is 4.25. The third-order valence-corrected chi connectivity index (χ3v) is 3.50. The molecule has 0 aliphatic rings. The molecule has 0 aliphatic carbocycles. The van der Waals surface area contributed by atoms with Gasteiger partial charge in [0.2, 0.25) is 0 Å². The smallest absolute Gasteiger partial charge is 0.406 e. The molecule has 3 aromatic heterocycles. The Kier molecular flexibility index (Phi) is 3.20. The zero-order chi connectivity index (χ0) is 17.6. The van der Waals surface area contributed by atoms with E-state index in [1.54, 1.807) is 6.07 Å². The summed E-state index contributed by atoms with van der Waals surface area (Å²) in [6.07, 6.45) is -0.701. The zero-order valence-corrected chi connectivity index (χ0v) is 12.3. The van der Waals surface area contributed by atoms with E-state index in [4.69, 9.17) is 0 Å². The molecular formula is C15H8F3N5O2. The maximum Gasteiger partial charge on any atom is 0.573 e. The summed E-state index contributed by atoms with van der Waals surface area (Å²) in [7, 11) is 0. The number of nitrogens with zero attached hydrogens (tertiary/aromatic N) is 5. The van der Waals surface area contributed by atoms with Crippen LogP contribution >= 0.6 is 0 Å². The molecule has 7 nitrogen and oxygen atoms in total. The normalized spacial score (nSPS) is 12.0.